The van der Waals surface area contributed by atoms with Crippen LogP contribution in [0.25, 0.3) is 0 Å². The molecule has 1 atom stereocenters. The second kappa shape index (κ2) is 4.28. The summed E-state index contributed by atoms with van der Waals surface area (Å²) >= 11 is 0. The Hall–Kier alpha value is -1.02. The largest absolute Gasteiger partial charge is 0.468 e. The normalized spacial score (nSPS) is 22.0. The maximum atomic E-state index is 5.24. The summed E-state index contributed by atoms with van der Waals surface area (Å²) in [5, 5.41) is 3.48. The smallest absolute Gasteiger partial charge is 0.117 e. The zero-order valence-electron chi connectivity index (χ0n) is 7.70. The van der Waals surface area contributed by atoms with Gasteiger partial charge in [-0.05, 0) is 31.4 Å². The van der Waals surface area contributed by atoms with E-state index in [1.54, 1.807) is 6.26 Å². The Labute approximate surface area is 78.6 Å². The molecular formula is C11H15NO. The minimum atomic E-state index is 0.634. The molecule has 0 aliphatic heterocycles. The van der Waals surface area contributed by atoms with Gasteiger partial charge in [0.15, 0.2) is 0 Å². The number of hydrogen-bond acceptors (Lipinski definition) is 2. The highest BCUT2D eigenvalue weighted by molar-refractivity contribution is 4.99. The second-order valence-corrected chi connectivity index (χ2v) is 3.44. The second-order valence-electron chi connectivity index (χ2n) is 3.44. The van der Waals surface area contributed by atoms with E-state index in [1.165, 1.54) is 12.8 Å². The van der Waals surface area contributed by atoms with Crippen LogP contribution in [0.5, 0.6) is 0 Å². The van der Waals surface area contributed by atoms with Gasteiger partial charge < -0.3 is 9.73 Å². The number of rotatable bonds is 3. The first-order valence-electron chi connectivity index (χ1n) is 4.86. The van der Waals surface area contributed by atoms with Crippen LogP contribution in [0.3, 0.4) is 0 Å². The van der Waals surface area contributed by atoms with E-state index in [0.29, 0.717) is 6.04 Å². The summed E-state index contributed by atoms with van der Waals surface area (Å²) in [6, 6.07) is 4.57. The Morgan fingerprint density at radius 2 is 2.46 bits per heavy atom. The van der Waals surface area contributed by atoms with Gasteiger partial charge in [0, 0.05) is 6.04 Å². The van der Waals surface area contributed by atoms with Gasteiger partial charge in [-0.25, -0.2) is 0 Å². The van der Waals surface area contributed by atoms with Crippen molar-refractivity contribution in [3.63, 3.8) is 0 Å². The fourth-order valence-corrected chi connectivity index (χ4v) is 1.64. The summed E-state index contributed by atoms with van der Waals surface area (Å²) < 4.78 is 5.24. The first kappa shape index (κ1) is 8.57. The van der Waals surface area contributed by atoms with E-state index in [2.05, 4.69) is 17.5 Å². The molecule has 2 rings (SSSR count). The van der Waals surface area contributed by atoms with Gasteiger partial charge in [-0.3, -0.25) is 0 Å². The number of hydrogen-bond donors (Lipinski definition) is 1. The molecule has 1 heterocycles. The lowest BCUT2D eigenvalue weighted by Gasteiger charge is -2.18. The van der Waals surface area contributed by atoms with Crippen LogP contribution in [-0.2, 0) is 6.54 Å². The summed E-state index contributed by atoms with van der Waals surface area (Å²) in [5.74, 6) is 1.02. The average molecular weight is 177 g/mol. The van der Waals surface area contributed by atoms with Crippen LogP contribution in [0.4, 0.5) is 0 Å². The van der Waals surface area contributed by atoms with Crippen molar-refractivity contribution < 1.29 is 4.42 Å². The average Bonchev–Trinajstić information content (AvgIpc) is 2.69. The highest BCUT2D eigenvalue weighted by Crippen LogP contribution is 2.11. The van der Waals surface area contributed by atoms with Crippen LogP contribution < -0.4 is 5.32 Å². The van der Waals surface area contributed by atoms with Gasteiger partial charge >= 0.3 is 0 Å². The van der Waals surface area contributed by atoms with E-state index >= 15 is 0 Å². The maximum Gasteiger partial charge on any atom is 0.117 e. The quantitative estimate of drug-likeness (QED) is 0.717. The minimum absolute atomic E-state index is 0.634. The molecule has 1 unspecified atom stereocenters. The minimum Gasteiger partial charge on any atom is -0.468 e. The lowest BCUT2D eigenvalue weighted by atomic mass is 10.0. The number of nitrogens with one attached hydrogen (secondary N) is 1. The van der Waals surface area contributed by atoms with Crippen molar-refractivity contribution in [2.45, 2.75) is 31.8 Å². The highest BCUT2D eigenvalue weighted by atomic mass is 16.3. The van der Waals surface area contributed by atoms with Crippen LogP contribution in [0.1, 0.15) is 25.0 Å². The van der Waals surface area contributed by atoms with E-state index in [1.807, 2.05) is 12.1 Å². The lowest BCUT2D eigenvalue weighted by Crippen LogP contribution is -2.28. The molecule has 1 aromatic heterocycles. The van der Waals surface area contributed by atoms with Gasteiger partial charge in [0.05, 0.1) is 12.8 Å². The standard InChI is InChI=1S/C11H15NO/c1-2-5-10(6-3-1)12-9-11-7-4-8-13-11/h1-2,4,7-8,10,12H,3,5-6,9H2. The summed E-state index contributed by atoms with van der Waals surface area (Å²) in [5.41, 5.74) is 0. The predicted molar refractivity (Wildman–Crippen MR) is 52.3 cm³/mol. The van der Waals surface area contributed by atoms with Crippen LogP contribution in [0, 0.1) is 0 Å². The van der Waals surface area contributed by atoms with Gasteiger partial charge in [0.2, 0.25) is 0 Å². The number of allylic oxidation sites excluding steroid dienone is 1. The molecule has 2 nitrogen and oxygen atoms in total. The van der Waals surface area contributed by atoms with Crippen LogP contribution in [-0.4, -0.2) is 6.04 Å². The highest BCUT2D eigenvalue weighted by Gasteiger charge is 2.08. The van der Waals surface area contributed by atoms with Gasteiger partial charge in [0.1, 0.15) is 5.76 Å². The molecule has 2 heteroatoms. The maximum absolute atomic E-state index is 5.24. The molecule has 0 saturated carbocycles. The van der Waals surface area contributed by atoms with Gasteiger partial charge in [0.25, 0.3) is 0 Å². The molecule has 0 bridgehead atoms. The summed E-state index contributed by atoms with van der Waals surface area (Å²) in [4.78, 5) is 0. The third kappa shape index (κ3) is 2.46. The van der Waals surface area contributed by atoms with Crippen molar-refractivity contribution in [2.24, 2.45) is 0 Å². The molecule has 1 aromatic rings. The third-order valence-corrected chi connectivity index (χ3v) is 2.41. The van der Waals surface area contributed by atoms with Crippen molar-refractivity contribution in [1.29, 1.82) is 0 Å². The Morgan fingerprint density at radius 3 is 3.15 bits per heavy atom. The van der Waals surface area contributed by atoms with E-state index in [9.17, 15) is 0 Å². The predicted octanol–water partition coefficient (Wildman–Crippen LogP) is 2.48. The molecule has 1 aliphatic rings. The molecule has 0 fully saturated rings. The third-order valence-electron chi connectivity index (χ3n) is 2.41. The fourth-order valence-electron chi connectivity index (χ4n) is 1.64. The van der Waals surface area contributed by atoms with Crippen molar-refractivity contribution in [2.75, 3.05) is 0 Å². The molecular weight excluding hydrogens is 162 g/mol. The van der Waals surface area contributed by atoms with Gasteiger partial charge in [-0.1, -0.05) is 12.2 Å². The fraction of sp³-hybridized carbons (Fsp3) is 0.455. The van der Waals surface area contributed by atoms with E-state index in [0.717, 1.165) is 18.7 Å². The summed E-state index contributed by atoms with van der Waals surface area (Å²) in [7, 11) is 0. The molecule has 0 aromatic carbocycles. The van der Waals surface area contributed by atoms with E-state index in [-0.39, 0.29) is 0 Å². The van der Waals surface area contributed by atoms with Crippen LogP contribution in [0.15, 0.2) is 35.0 Å². The Bertz CT molecular complexity index is 264. The van der Waals surface area contributed by atoms with Crippen LogP contribution >= 0.6 is 0 Å². The molecule has 0 amide bonds. The first-order valence-corrected chi connectivity index (χ1v) is 4.86. The Morgan fingerprint density at radius 1 is 1.46 bits per heavy atom. The SMILES string of the molecule is C1=CCC(NCc2ccco2)CC1. The molecule has 0 saturated heterocycles. The van der Waals surface area contributed by atoms with Gasteiger partial charge in [-0.2, -0.15) is 0 Å². The topological polar surface area (TPSA) is 25.2 Å². The zero-order chi connectivity index (χ0) is 8.93. The Kier molecular flexibility index (Phi) is 2.82. The van der Waals surface area contributed by atoms with E-state index in [4.69, 9.17) is 4.42 Å². The van der Waals surface area contributed by atoms with Gasteiger partial charge in [-0.15, -0.1) is 0 Å². The Balaban J connectivity index is 1.76. The molecule has 0 radical (unpaired) electrons. The van der Waals surface area contributed by atoms with Crippen molar-refractivity contribution in [3.8, 4) is 0 Å². The molecule has 13 heavy (non-hydrogen) atoms. The van der Waals surface area contributed by atoms with Crippen LogP contribution in [0.2, 0.25) is 0 Å². The zero-order valence-corrected chi connectivity index (χ0v) is 7.70. The first-order chi connectivity index (χ1) is 6.45. The van der Waals surface area contributed by atoms with Crippen molar-refractivity contribution in [1.82, 2.24) is 5.32 Å². The molecule has 1 N–H and O–H groups in total. The van der Waals surface area contributed by atoms with E-state index < -0.39 is 0 Å². The molecule has 1 aliphatic carbocycles. The lowest BCUT2D eigenvalue weighted by molar-refractivity contribution is 0.425. The van der Waals surface area contributed by atoms with Crippen molar-refractivity contribution in [3.05, 3.63) is 36.3 Å². The summed E-state index contributed by atoms with van der Waals surface area (Å²) in [6.45, 7) is 0.853. The molecule has 70 valence electrons. The van der Waals surface area contributed by atoms with Crippen molar-refractivity contribution >= 4 is 0 Å². The molecule has 0 spiro atoms. The monoisotopic (exact) mass is 177 g/mol. The number of furan rings is 1. The summed E-state index contributed by atoms with van der Waals surface area (Å²) in [6.07, 6.45) is 9.83.